The molecular weight excluding hydrogens is 184 g/mol. The summed E-state index contributed by atoms with van der Waals surface area (Å²) in [6.45, 7) is 1.62. The fourth-order valence-electron chi connectivity index (χ4n) is 0.188. The van der Waals surface area contributed by atoms with Crippen LogP contribution in [-0.4, -0.2) is 29.5 Å². The average Bonchev–Trinajstić information content (AvgIpc) is 2.05. The molecule has 0 spiro atoms. The Morgan fingerprint density at radius 1 is 1.67 bits per heavy atom. The molecule has 1 N–H and O–H groups in total. The highest BCUT2D eigenvalue weighted by Crippen LogP contribution is 1.83. The van der Waals surface area contributed by atoms with Crippen LogP contribution in [0.5, 0.6) is 0 Å². The Bertz CT molecular complexity index is 182. The van der Waals surface area contributed by atoms with E-state index in [2.05, 4.69) is 11.2 Å². The van der Waals surface area contributed by atoms with Crippen molar-refractivity contribution in [2.75, 3.05) is 13.2 Å². The van der Waals surface area contributed by atoms with Crippen LogP contribution in [-0.2, 0) is 14.3 Å². The van der Waals surface area contributed by atoms with E-state index in [4.69, 9.17) is 16.7 Å². The first kappa shape index (κ1) is 13.5. The summed E-state index contributed by atoms with van der Waals surface area (Å²) in [6, 6.07) is 0. The fraction of sp³-hybridized carbons (Fsp3) is 0.429. The van der Waals surface area contributed by atoms with Gasteiger partial charge in [-0.3, -0.25) is 4.79 Å². The molecule has 0 radical (unpaired) electrons. The number of halogens is 1. The van der Waals surface area contributed by atoms with Crippen LogP contribution in [0.2, 0.25) is 0 Å². The quantitative estimate of drug-likeness (QED) is 0.288. The Labute approximate surface area is 75.5 Å². The molecule has 0 saturated heterocycles. The van der Waals surface area contributed by atoms with Gasteiger partial charge in [0.2, 0.25) is 0 Å². The van der Waals surface area contributed by atoms with E-state index in [1.54, 1.807) is 6.92 Å². The number of rotatable bonds is 2. The molecule has 0 heterocycles. The van der Waals surface area contributed by atoms with Gasteiger partial charge in [-0.15, -0.1) is 6.42 Å². The number of terminal acetylenes is 1. The van der Waals surface area contributed by atoms with E-state index in [-0.39, 0.29) is 13.2 Å². The van der Waals surface area contributed by atoms with Gasteiger partial charge in [-0.2, -0.15) is 0 Å². The summed E-state index contributed by atoms with van der Waals surface area (Å²) in [6.07, 6.45) is 4.53. The van der Waals surface area contributed by atoms with Gasteiger partial charge in [-0.1, -0.05) is 5.92 Å². The molecule has 12 heavy (non-hydrogen) atoms. The van der Waals surface area contributed by atoms with Crippen molar-refractivity contribution < 1.29 is 19.4 Å². The molecule has 0 aromatic carbocycles. The van der Waals surface area contributed by atoms with Gasteiger partial charge in [-0.25, -0.2) is 4.79 Å². The lowest BCUT2D eigenvalue weighted by Crippen LogP contribution is -2.10. The molecule has 0 bridgehead atoms. The first-order valence-electron chi connectivity index (χ1n) is 3.01. The minimum atomic E-state index is -1.08. The van der Waals surface area contributed by atoms with Crippen LogP contribution in [0.15, 0.2) is 0 Å². The largest absolute Gasteiger partial charge is 0.459 e. The summed E-state index contributed by atoms with van der Waals surface area (Å²) in [5.74, 6) is 0.995. The second-order valence-electron chi connectivity index (χ2n) is 1.36. The molecule has 0 aromatic rings. The third kappa shape index (κ3) is 11.7. The van der Waals surface area contributed by atoms with Gasteiger partial charge >= 0.3 is 11.2 Å². The summed E-state index contributed by atoms with van der Waals surface area (Å²) in [5, 5.41) is 6.56. The molecule has 4 nitrogen and oxygen atoms in total. The van der Waals surface area contributed by atoms with E-state index < -0.39 is 11.2 Å². The van der Waals surface area contributed by atoms with Gasteiger partial charge in [0.15, 0.2) is 0 Å². The van der Waals surface area contributed by atoms with Crippen LogP contribution >= 0.6 is 11.6 Å². The lowest BCUT2D eigenvalue weighted by Gasteiger charge is -1.91. The van der Waals surface area contributed by atoms with Crippen LogP contribution in [0.4, 0.5) is 0 Å². The van der Waals surface area contributed by atoms with Crippen molar-refractivity contribution in [1.29, 1.82) is 0 Å². The Morgan fingerprint density at radius 2 is 2.08 bits per heavy atom. The van der Waals surface area contributed by atoms with E-state index in [9.17, 15) is 9.59 Å². The van der Waals surface area contributed by atoms with Crippen LogP contribution in [0.3, 0.4) is 0 Å². The number of hydrogen-bond donors (Lipinski definition) is 1. The van der Waals surface area contributed by atoms with Crippen LogP contribution < -0.4 is 0 Å². The molecule has 0 amide bonds. The lowest BCUT2D eigenvalue weighted by molar-refractivity contribution is -0.149. The van der Waals surface area contributed by atoms with Crippen molar-refractivity contribution in [3.8, 4) is 12.3 Å². The highest BCUT2D eigenvalue weighted by molar-refractivity contribution is 6.80. The molecule has 0 fully saturated rings. The topological polar surface area (TPSA) is 63.6 Å². The van der Waals surface area contributed by atoms with Crippen molar-refractivity contribution in [1.82, 2.24) is 0 Å². The summed E-state index contributed by atoms with van der Waals surface area (Å²) in [4.78, 5) is 19.9. The first-order chi connectivity index (χ1) is 5.59. The van der Waals surface area contributed by atoms with E-state index in [0.29, 0.717) is 0 Å². The lowest BCUT2D eigenvalue weighted by atomic mass is 10.7. The maximum absolute atomic E-state index is 10.0. The number of esters is 1. The minimum Gasteiger partial charge on any atom is -0.459 e. The Balaban J connectivity index is 0. The van der Waals surface area contributed by atoms with E-state index in [1.807, 2.05) is 5.92 Å². The maximum atomic E-state index is 10.0. The highest BCUT2D eigenvalue weighted by atomic mass is 35.5. The van der Waals surface area contributed by atoms with E-state index in [1.165, 1.54) is 0 Å². The predicted molar refractivity (Wildman–Crippen MR) is 43.4 cm³/mol. The van der Waals surface area contributed by atoms with Gasteiger partial charge in [0.25, 0.3) is 0 Å². The molecular formula is C7H9ClO4. The summed E-state index contributed by atoms with van der Waals surface area (Å²) >= 11 is 4.69. The van der Waals surface area contributed by atoms with Gasteiger partial charge in [0, 0.05) is 0 Å². The maximum Gasteiger partial charge on any atom is 0.391 e. The second-order valence-corrected chi connectivity index (χ2v) is 1.70. The van der Waals surface area contributed by atoms with E-state index in [0.717, 1.165) is 0 Å². The molecule has 0 aromatic heterocycles. The number of carbonyl (C=O) groups excluding carboxylic acids is 2. The predicted octanol–water partition coefficient (Wildman–Crippen LogP) is -0.0732. The van der Waals surface area contributed by atoms with Crippen molar-refractivity contribution in [2.24, 2.45) is 0 Å². The van der Waals surface area contributed by atoms with Crippen molar-refractivity contribution in [3.05, 3.63) is 0 Å². The monoisotopic (exact) mass is 192 g/mol. The second kappa shape index (κ2) is 9.95. The first-order valence-corrected chi connectivity index (χ1v) is 3.38. The standard InChI is InChI=1S/C4H5ClO3.C3H4O/c1-2-8-4(7)3(5)6;1-2-3-4/h2H2,1H3;1,4H,3H2. The van der Waals surface area contributed by atoms with Crippen LogP contribution in [0.25, 0.3) is 0 Å². The molecule has 0 saturated carbocycles. The third-order valence-electron chi connectivity index (χ3n) is 0.527. The fourth-order valence-corrected chi connectivity index (χ4v) is 0.242. The van der Waals surface area contributed by atoms with Gasteiger partial charge in [-0.05, 0) is 18.5 Å². The van der Waals surface area contributed by atoms with Crippen LogP contribution in [0.1, 0.15) is 6.92 Å². The summed E-state index contributed by atoms with van der Waals surface area (Å²) in [5.41, 5.74) is 0. The van der Waals surface area contributed by atoms with E-state index >= 15 is 0 Å². The molecule has 0 unspecified atom stereocenters. The van der Waals surface area contributed by atoms with Crippen molar-refractivity contribution in [3.63, 3.8) is 0 Å². The number of aliphatic hydroxyl groups is 1. The number of hydrogen-bond acceptors (Lipinski definition) is 4. The van der Waals surface area contributed by atoms with Gasteiger partial charge in [0.05, 0.1) is 6.61 Å². The average molecular weight is 193 g/mol. The Morgan fingerprint density at radius 3 is 2.17 bits per heavy atom. The highest BCUT2D eigenvalue weighted by Gasteiger charge is 2.08. The zero-order valence-corrected chi connectivity index (χ0v) is 7.30. The number of carbonyl (C=O) groups is 2. The van der Waals surface area contributed by atoms with Crippen LogP contribution in [0, 0.1) is 12.3 Å². The number of aliphatic hydroxyl groups excluding tert-OH is 1. The molecule has 5 heteroatoms. The molecule has 0 rings (SSSR count). The third-order valence-corrected chi connectivity index (χ3v) is 0.682. The smallest absolute Gasteiger partial charge is 0.391 e. The molecule has 0 aliphatic carbocycles. The minimum absolute atomic E-state index is 0.153. The van der Waals surface area contributed by atoms with Gasteiger partial charge in [0.1, 0.15) is 6.61 Å². The SMILES string of the molecule is C#CCO.CCOC(=O)C(=O)Cl. The Hall–Kier alpha value is -1.05. The zero-order chi connectivity index (χ0) is 9.98. The molecule has 0 aliphatic heterocycles. The normalized spacial score (nSPS) is 7.17. The summed E-state index contributed by atoms with van der Waals surface area (Å²) < 4.78 is 4.18. The molecule has 68 valence electrons. The van der Waals surface area contributed by atoms with Crippen molar-refractivity contribution in [2.45, 2.75) is 6.92 Å². The Kier molecular flexibility index (Phi) is 11.2. The van der Waals surface area contributed by atoms with Gasteiger partial charge < -0.3 is 9.84 Å². The van der Waals surface area contributed by atoms with Crippen molar-refractivity contribution >= 4 is 22.8 Å². The number of ether oxygens (including phenoxy) is 1. The summed E-state index contributed by atoms with van der Waals surface area (Å²) in [7, 11) is 0. The molecule has 0 atom stereocenters. The molecule has 0 aliphatic rings. The zero-order valence-electron chi connectivity index (χ0n) is 6.54.